The number of para-hydroxylation sites is 1. The molecule has 36 heavy (non-hydrogen) atoms. The van der Waals surface area contributed by atoms with E-state index in [0.29, 0.717) is 12.5 Å². The van der Waals surface area contributed by atoms with Crippen LogP contribution in [0.25, 0.3) is 21.8 Å². The van der Waals surface area contributed by atoms with Crippen molar-refractivity contribution in [2.75, 3.05) is 19.6 Å². The number of H-pyrrole nitrogens is 1. The Morgan fingerprint density at radius 1 is 1.03 bits per heavy atom. The lowest BCUT2D eigenvalue weighted by Crippen LogP contribution is -2.37. The minimum atomic E-state index is -3.68. The van der Waals surface area contributed by atoms with E-state index < -0.39 is 10.0 Å². The van der Waals surface area contributed by atoms with Crippen LogP contribution in [0.3, 0.4) is 0 Å². The maximum Gasteiger partial charge on any atom is 0.240 e. The number of likely N-dealkylation sites (tertiary alicyclic amines) is 1. The molecule has 3 heterocycles. The van der Waals surface area contributed by atoms with E-state index in [9.17, 15) is 8.42 Å². The van der Waals surface area contributed by atoms with Crippen molar-refractivity contribution >= 4 is 31.8 Å². The molecule has 3 aromatic carbocycles. The summed E-state index contributed by atoms with van der Waals surface area (Å²) in [5.74, 6) is 0.440. The maximum atomic E-state index is 13.4. The van der Waals surface area contributed by atoms with Crippen molar-refractivity contribution in [3.05, 3.63) is 102 Å². The summed E-state index contributed by atoms with van der Waals surface area (Å²) >= 11 is 0. The van der Waals surface area contributed by atoms with E-state index in [4.69, 9.17) is 0 Å². The van der Waals surface area contributed by atoms with E-state index in [2.05, 4.69) is 80.9 Å². The van der Waals surface area contributed by atoms with Gasteiger partial charge < -0.3 is 9.55 Å². The van der Waals surface area contributed by atoms with Crippen LogP contribution in [0, 0.1) is 0 Å². The molecule has 1 aliphatic rings. The molecule has 184 valence electrons. The van der Waals surface area contributed by atoms with Gasteiger partial charge in [0.05, 0.1) is 10.9 Å². The molecule has 0 spiro atoms. The van der Waals surface area contributed by atoms with Gasteiger partial charge >= 0.3 is 0 Å². The second-order valence-electron chi connectivity index (χ2n) is 9.70. The highest BCUT2D eigenvalue weighted by atomic mass is 32.2. The Kier molecular flexibility index (Phi) is 5.91. The second kappa shape index (κ2) is 9.24. The van der Waals surface area contributed by atoms with Crippen molar-refractivity contribution in [2.24, 2.45) is 7.05 Å². The van der Waals surface area contributed by atoms with Crippen LogP contribution in [-0.4, -0.2) is 42.5 Å². The van der Waals surface area contributed by atoms with E-state index in [0.717, 1.165) is 41.5 Å². The van der Waals surface area contributed by atoms with Gasteiger partial charge in [0, 0.05) is 49.0 Å². The van der Waals surface area contributed by atoms with Gasteiger partial charge in [-0.25, -0.2) is 13.1 Å². The molecule has 7 heteroatoms. The van der Waals surface area contributed by atoms with Gasteiger partial charge in [0.15, 0.2) is 0 Å². The number of hydrogen-bond donors (Lipinski definition) is 2. The third kappa shape index (κ3) is 4.23. The highest BCUT2D eigenvalue weighted by molar-refractivity contribution is 7.89. The van der Waals surface area contributed by atoms with Gasteiger partial charge in [-0.3, -0.25) is 4.90 Å². The first-order valence-electron chi connectivity index (χ1n) is 12.4. The standard InChI is InChI=1S/C29H30N4O2S/c1-32-20-26(25-9-5-6-10-28(25)32)29(33-16-14-23(19-33)21-7-3-2-4-8-21)18-31-36(34,35)24-12-11-22-13-15-30-27(22)17-24/h2-13,15,17,20,23,29-31H,14,16,18-19H2,1H3/t23-,29-/m0/s1. The van der Waals surface area contributed by atoms with Crippen molar-refractivity contribution in [1.29, 1.82) is 0 Å². The number of fused-ring (bicyclic) bond motifs is 2. The Morgan fingerprint density at radius 2 is 1.83 bits per heavy atom. The van der Waals surface area contributed by atoms with Crippen LogP contribution >= 0.6 is 0 Å². The molecule has 1 aliphatic heterocycles. The molecule has 0 bridgehead atoms. The van der Waals surface area contributed by atoms with E-state index in [1.807, 2.05) is 24.4 Å². The molecule has 0 radical (unpaired) electrons. The highest BCUT2D eigenvalue weighted by Gasteiger charge is 2.32. The summed E-state index contributed by atoms with van der Waals surface area (Å²) in [6.45, 7) is 2.12. The fraction of sp³-hybridized carbons (Fsp3) is 0.241. The minimum Gasteiger partial charge on any atom is -0.361 e. The fourth-order valence-corrected chi connectivity index (χ4v) is 6.67. The number of nitrogens with zero attached hydrogens (tertiary/aromatic N) is 2. The minimum absolute atomic E-state index is 0.0752. The maximum absolute atomic E-state index is 13.4. The van der Waals surface area contributed by atoms with Crippen molar-refractivity contribution in [3.63, 3.8) is 0 Å². The van der Waals surface area contributed by atoms with Crippen molar-refractivity contribution in [2.45, 2.75) is 23.3 Å². The molecule has 2 atom stereocenters. The van der Waals surface area contributed by atoms with E-state index in [1.54, 1.807) is 12.1 Å². The second-order valence-corrected chi connectivity index (χ2v) is 11.5. The lowest BCUT2D eigenvalue weighted by molar-refractivity contribution is 0.244. The molecule has 2 N–H and O–H groups in total. The fourth-order valence-electron chi connectivity index (χ4n) is 5.61. The molecule has 6 rings (SSSR count). The smallest absolute Gasteiger partial charge is 0.240 e. The van der Waals surface area contributed by atoms with Crippen LogP contribution in [0.1, 0.15) is 29.5 Å². The molecule has 5 aromatic rings. The predicted molar refractivity (Wildman–Crippen MR) is 145 cm³/mol. The van der Waals surface area contributed by atoms with Crippen LogP contribution in [-0.2, 0) is 17.1 Å². The summed E-state index contributed by atoms with van der Waals surface area (Å²) in [5.41, 5.74) is 4.46. The molecule has 0 saturated carbocycles. The Balaban J connectivity index is 1.32. The van der Waals surface area contributed by atoms with Crippen molar-refractivity contribution < 1.29 is 8.42 Å². The largest absolute Gasteiger partial charge is 0.361 e. The quantitative estimate of drug-likeness (QED) is 0.325. The van der Waals surface area contributed by atoms with Gasteiger partial charge in [-0.2, -0.15) is 0 Å². The van der Waals surface area contributed by atoms with Crippen LogP contribution in [0.4, 0.5) is 0 Å². The van der Waals surface area contributed by atoms with Gasteiger partial charge in [-0.1, -0.05) is 54.6 Å². The number of rotatable bonds is 7. The zero-order valence-electron chi connectivity index (χ0n) is 20.3. The van der Waals surface area contributed by atoms with Crippen LogP contribution in [0.2, 0.25) is 0 Å². The molecule has 6 nitrogen and oxygen atoms in total. The lowest BCUT2D eigenvalue weighted by Gasteiger charge is -2.28. The van der Waals surface area contributed by atoms with Gasteiger partial charge in [0.2, 0.25) is 10.0 Å². The SMILES string of the molecule is Cn1cc([C@H](CNS(=O)(=O)c2ccc3cc[nH]c3c2)N2CC[C@H](c3ccccc3)C2)c2ccccc21. The van der Waals surface area contributed by atoms with Crippen molar-refractivity contribution in [1.82, 2.24) is 19.2 Å². The summed E-state index contributed by atoms with van der Waals surface area (Å²) in [6, 6.07) is 26.0. The number of aromatic nitrogens is 2. The first-order chi connectivity index (χ1) is 17.5. The number of nitrogens with one attached hydrogen (secondary N) is 2. The van der Waals surface area contributed by atoms with Gasteiger partial charge in [-0.15, -0.1) is 0 Å². The summed E-state index contributed by atoms with van der Waals surface area (Å²) in [6.07, 6.45) is 5.04. The average molecular weight is 499 g/mol. The Bertz CT molecular complexity index is 1620. The Hall–Kier alpha value is -3.39. The van der Waals surface area contributed by atoms with E-state index in [1.165, 1.54) is 10.9 Å². The van der Waals surface area contributed by atoms with E-state index >= 15 is 0 Å². The van der Waals surface area contributed by atoms with Gasteiger partial charge in [0.25, 0.3) is 0 Å². The molecular weight excluding hydrogens is 468 g/mol. The van der Waals surface area contributed by atoms with E-state index in [-0.39, 0.29) is 10.9 Å². The van der Waals surface area contributed by atoms with Crippen molar-refractivity contribution in [3.8, 4) is 0 Å². The Morgan fingerprint density at radius 3 is 2.69 bits per heavy atom. The Labute approximate surface area is 211 Å². The molecule has 1 fully saturated rings. The molecule has 0 aliphatic carbocycles. The zero-order chi connectivity index (χ0) is 24.7. The highest BCUT2D eigenvalue weighted by Crippen LogP contribution is 2.36. The third-order valence-corrected chi connectivity index (χ3v) is 8.94. The molecule has 0 amide bonds. The van der Waals surface area contributed by atoms with Gasteiger partial charge in [0.1, 0.15) is 0 Å². The molecule has 2 aromatic heterocycles. The van der Waals surface area contributed by atoms with Crippen LogP contribution in [0.5, 0.6) is 0 Å². The number of hydrogen-bond acceptors (Lipinski definition) is 3. The predicted octanol–water partition coefficient (Wildman–Crippen LogP) is 5.17. The monoisotopic (exact) mass is 498 g/mol. The summed E-state index contributed by atoms with van der Waals surface area (Å²) in [4.78, 5) is 5.82. The number of sulfonamides is 1. The number of aromatic amines is 1. The first kappa shape index (κ1) is 23.0. The lowest BCUT2D eigenvalue weighted by atomic mass is 9.98. The summed E-state index contributed by atoms with van der Waals surface area (Å²) in [5, 5.41) is 2.16. The number of aryl methyl sites for hydroxylation is 1. The summed E-state index contributed by atoms with van der Waals surface area (Å²) < 4.78 is 31.8. The third-order valence-electron chi connectivity index (χ3n) is 7.52. The first-order valence-corrected chi connectivity index (χ1v) is 13.9. The van der Waals surface area contributed by atoms with Gasteiger partial charge in [-0.05, 0) is 59.7 Å². The average Bonchev–Trinajstić information content (AvgIpc) is 3.64. The summed E-state index contributed by atoms with van der Waals surface area (Å²) in [7, 11) is -1.63. The molecular formula is C29H30N4O2S. The zero-order valence-corrected chi connectivity index (χ0v) is 21.1. The molecule has 0 unspecified atom stereocenters. The number of benzene rings is 3. The van der Waals surface area contributed by atoms with Crippen LogP contribution in [0.15, 0.2) is 96.2 Å². The normalized spacial score (nSPS) is 17.8. The van der Waals surface area contributed by atoms with Crippen LogP contribution < -0.4 is 4.72 Å². The molecule has 1 saturated heterocycles. The topological polar surface area (TPSA) is 70.1 Å².